The maximum atomic E-state index is 12.6. The third-order valence-corrected chi connectivity index (χ3v) is 5.08. The van der Waals surface area contributed by atoms with E-state index < -0.39 is 17.9 Å². The smallest absolute Gasteiger partial charge is 0.417 e. The first-order valence-electron chi connectivity index (χ1n) is 6.85. The molecule has 6 heteroatoms. The molecule has 1 aromatic carbocycles. The predicted octanol–water partition coefficient (Wildman–Crippen LogP) is 4.43. The van der Waals surface area contributed by atoms with Gasteiger partial charge in [-0.15, -0.1) is 0 Å². The number of anilines is 1. The van der Waals surface area contributed by atoms with Crippen molar-refractivity contribution in [1.29, 1.82) is 0 Å². The molecule has 21 heavy (non-hydrogen) atoms. The molecular weight excluding hydrogens is 358 g/mol. The minimum atomic E-state index is -0.564. The Bertz CT molecular complexity index is 601. The number of nitrogens with zero attached hydrogens (tertiary/aromatic N) is 1. The molecule has 2 atom stereocenters. The van der Waals surface area contributed by atoms with Gasteiger partial charge in [0.2, 0.25) is 0 Å². The quantitative estimate of drug-likeness (QED) is 0.631. The van der Waals surface area contributed by atoms with Crippen LogP contribution in [0.15, 0.2) is 18.2 Å². The zero-order chi connectivity index (χ0) is 15.4. The van der Waals surface area contributed by atoms with Gasteiger partial charge in [0, 0.05) is 5.02 Å². The van der Waals surface area contributed by atoms with Crippen molar-refractivity contribution in [3.05, 3.63) is 28.8 Å². The summed E-state index contributed by atoms with van der Waals surface area (Å²) in [7, 11) is 0. The van der Waals surface area contributed by atoms with Gasteiger partial charge in [0.25, 0.3) is 0 Å². The van der Waals surface area contributed by atoms with Crippen LogP contribution in [0, 0.1) is 0 Å². The van der Waals surface area contributed by atoms with Gasteiger partial charge in [0.15, 0.2) is 6.23 Å². The molecule has 0 bridgehead atoms. The lowest BCUT2D eigenvalue weighted by atomic mass is 9.98. The van der Waals surface area contributed by atoms with Gasteiger partial charge < -0.3 is 9.47 Å². The lowest BCUT2D eigenvalue weighted by Crippen LogP contribution is -2.45. The summed E-state index contributed by atoms with van der Waals surface area (Å²) < 4.78 is 10.9. The van der Waals surface area contributed by atoms with Gasteiger partial charge in [-0.05, 0) is 44.9 Å². The molecular formula is C15H17BrClNO3. The van der Waals surface area contributed by atoms with E-state index in [0.29, 0.717) is 11.6 Å². The summed E-state index contributed by atoms with van der Waals surface area (Å²) in [5, 5.41) is 0.582. The third kappa shape index (κ3) is 2.45. The highest BCUT2D eigenvalue weighted by atomic mass is 79.9. The number of carbonyl (C=O) groups excluding carboxylic acids is 1. The molecule has 0 aliphatic carbocycles. The molecule has 1 saturated heterocycles. The summed E-state index contributed by atoms with van der Waals surface area (Å²) in [5.41, 5.74) is 1.20. The number of hydrogen-bond donors (Lipinski definition) is 0. The second kappa shape index (κ2) is 4.86. The van der Waals surface area contributed by atoms with Crippen LogP contribution in [0.25, 0.3) is 0 Å². The third-order valence-electron chi connectivity index (χ3n) is 3.62. The minimum Gasteiger partial charge on any atom is -0.443 e. The van der Waals surface area contributed by atoms with E-state index in [4.69, 9.17) is 21.1 Å². The van der Waals surface area contributed by atoms with Gasteiger partial charge in [0.1, 0.15) is 9.93 Å². The van der Waals surface area contributed by atoms with E-state index in [9.17, 15) is 4.79 Å². The maximum Gasteiger partial charge on any atom is 0.417 e. The van der Waals surface area contributed by atoms with Crippen molar-refractivity contribution in [3.8, 4) is 0 Å². The van der Waals surface area contributed by atoms with Gasteiger partial charge in [-0.2, -0.15) is 0 Å². The summed E-state index contributed by atoms with van der Waals surface area (Å²) in [6, 6.07) is 5.56. The number of rotatable bonds is 0. The zero-order valence-electron chi connectivity index (χ0n) is 12.2. The zero-order valence-corrected chi connectivity index (χ0v) is 14.5. The highest BCUT2D eigenvalue weighted by Crippen LogP contribution is 2.55. The summed E-state index contributed by atoms with van der Waals surface area (Å²) >= 11 is 9.86. The fourth-order valence-electron chi connectivity index (χ4n) is 2.81. The fraction of sp³-hybridized carbons (Fsp3) is 0.533. The predicted molar refractivity (Wildman–Crippen MR) is 85.1 cm³/mol. The molecule has 0 spiro atoms. The van der Waals surface area contributed by atoms with Crippen LogP contribution in [0.2, 0.25) is 5.02 Å². The molecule has 2 aliphatic heterocycles. The van der Waals surface area contributed by atoms with Crippen molar-refractivity contribution in [2.24, 2.45) is 0 Å². The monoisotopic (exact) mass is 373 g/mol. The van der Waals surface area contributed by atoms with Crippen molar-refractivity contribution in [2.75, 3.05) is 11.5 Å². The number of halogens is 2. The van der Waals surface area contributed by atoms with Crippen LogP contribution in [0.3, 0.4) is 0 Å². The van der Waals surface area contributed by atoms with Crippen LogP contribution in [-0.4, -0.2) is 24.5 Å². The SMILES string of the molecule is CC(C)(C)OC(=O)N1c2cc(Cl)ccc2C2(Br)CCOC12. The van der Waals surface area contributed by atoms with Crippen LogP contribution in [-0.2, 0) is 13.8 Å². The Morgan fingerprint density at radius 3 is 2.90 bits per heavy atom. The van der Waals surface area contributed by atoms with E-state index in [1.807, 2.05) is 32.9 Å². The lowest BCUT2D eigenvalue weighted by Gasteiger charge is -2.29. The van der Waals surface area contributed by atoms with Crippen LogP contribution in [0.1, 0.15) is 32.8 Å². The van der Waals surface area contributed by atoms with Crippen molar-refractivity contribution in [1.82, 2.24) is 0 Å². The fourth-order valence-corrected chi connectivity index (χ4v) is 3.81. The summed E-state index contributed by atoms with van der Waals surface area (Å²) in [5.74, 6) is 0. The standard InChI is InChI=1S/C15H17BrClNO3/c1-14(2,3)21-13(19)18-11-8-9(17)4-5-10(11)15(16)6-7-20-12(15)18/h4-5,8,12H,6-7H2,1-3H3. The van der Waals surface area contributed by atoms with Gasteiger partial charge >= 0.3 is 6.09 Å². The summed E-state index contributed by atoms with van der Waals surface area (Å²) in [6.07, 6.45) is -0.0222. The average Bonchev–Trinajstić information content (AvgIpc) is 2.79. The molecule has 0 saturated carbocycles. The largest absolute Gasteiger partial charge is 0.443 e. The second-order valence-corrected chi connectivity index (χ2v) is 8.20. The first-order chi connectivity index (χ1) is 9.72. The molecule has 0 N–H and O–H groups in total. The normalized spacial score (nSPS) is 27.5. The van der Waals surface area contributed by atoms with E-state index in [-0.39, 0.29) is 4.32 Å². The molecule has 1 amide bonds. The number of amides is 1. The number of carbonyl (C=O) groups is 1. The molecule has 4 nitrogen and oxygen atoms in total. The van der Waals surface area contributed by atoms with Crippen molar-refractivity contribution in [3.63, 3.8) is 0 Å². The molecule has 0 aromatic heterocycles. The molecule has 114 valence electrons. The molecule has 0 radical (unpaired) electrons. The maximum absolute atomic E-state index is 12.6. The molecule has 2 heterocycles. The Morgan fingerprint density at radius 1 is 1.52 bits per heavy atom. The van der Waals surface area contributed by atoms with Crippen LogP contribution < -0.4 is 4.90 Å². The van der Waals surface area contributed by atoms with Gasteiger partial charge in [-0.1, -0.05) is 33.6 Å². The van der Waals surface area contributed by atoms with Crippen molar-refractivity contribution < 1.29 is 14.3 Å². The van der Waals surface area contributed by atoms with Crippen LogP contribution in [0.4, 0.5) is 10.5 Å². The highest BCUT2D eigenvalue weighted by molar-refractivity contribution is 9.09. The van der Waals surface area contributed by atoms with Gasteiger partial charge in [-0.3, -0.25) is 0 Å². The van der Waals surface area contributed by atoms with Gasteiger partial charge in [0.05, 0.1) is 12.3 Å². The topological polar surface area (TPSA) is 38.8 Å². The Balaban J connectivity index is 2.05. The van der Waals surface area contributed by atoms with Crippen LogP contribution >= 0.6 is 27.5 Å². The number of benzene rings is 1. The van der Waals surface area contributed by atoms with Crippen molar-refractivity contribution in [2.45, 2.75) is 43.3 Å². The first kappa shape index (κ1) is 15.1. The molecule has 2 unspecified atom stereocenters. The molecule has 1 aromatic rings. The number of ether oxygens (including phenoxy) is 2. The van der Waals surface area contributed by atoms with Crippen molar-refractivity contribution >= 4 is 39.3 Å². The Morgan fingerprint density at radius 2 is 2.24 bits per heavy atom. The molecule has 1 fully saturated rings. The van der Waals surface area contributed by atoms with E-state index >= 15 is 0 Å². The summed E-state index contributed by atoms with van der Waals surface area (Å²) in [6.45, 7) is 6.13. The van der Waals surface area contributed by atoms with Crippen LogP contribution in [0.5, 0.6) is 0 Å². The molecule has 3 rings (SSSR count). The Kier molecular flexibility index (Phi) is 3.50. The lowest BCUT2D eigenvalue weighted by molar-refractivity contribution is 0.0411. The van der Waals surface area contributed by atoms with E-state index in [0.717, 1.165) is 17.7 Å². The number of alkyl halides is 1. The first-order valence-corrected chi connectivity index (χ1v) is 8.02. The van der Waals surface area contributed by atoms with Gasteiger partial charge in [-0.25, -0.2) is 9.69 Å². The van der Waals surface area contributed by atoms with E-state index in [1.54, 1.807) is 11.0 Å². The minimum absolute atomic E-state index is 0.385. The van der Waals surface area contributed by atoms with E-state index in [1.165, 1.54) is 0 Å². The highest BCUT2D eigenvalue weighted by Gasteiger charge is 2.56. The van der Waals surface area contributed by atoms with E-state index in [2.05, 4.69) is 15.9 Å². The summed E-state index contributed by atoms with van der Waals surface area (Å²) in [4.78, 5) is 14.1. The number of fused-ring (bicyclic) bond motifs is 3. The Labute approximate surface area is 137 Å². The second-order valence-electron chi connectivity index (χ2n) is 6.35. The molecule has 2 aliphatic rings. The Hall–Kier alpha value is -0.780. The average molecular weight is 375 g/mol. The number of hydrogen-bond acceptors (Lipinski definition) is 3.